The molecule has 1 aliphatic rings. The molecule has 0 unspecified atom stereocenters. The molecule has 0 saturated heterocycles. The van der Waals surface area contributed by atoms with E-state index in [2.05, 4.69) is 0 Å². The second kappa shape index (κ2) is 5.11. The summed E-state index contributed by atoms with van der Waals surface area (Å²) in [6, 6.07) is 0. The lowest BCUT2D eigenvalue weighted by Gasteiger charge is -2.24. The molecule has 0 radical (unpaired) electrons. The van der Waals surface area contributed by atoms with Crippen LogP contribution in [0, 0.1) is 0 Å². The van der Waals surface area contributed by atoms with Gasteiger partial charge in [0.15, 0.2) is 0 Å². The van der Waals surface area contributed by atoms with Crippen LogP contribution in [0.1, 0.15) is 32.1 Å². The summed E-state index contributed by atoms with van der Waals surface area (Å²) in [5.74, 6) is 0. The summed E-state index contributed by atoms with van der Waals surface area (Å²) in [5, 5.41) is 0. The van der Waals surface area contributed by atoms with Crippen molar-refractivity contribution < 1.29 is 18.1 Å². The van der Waals surface area contributed by atoms with E-state index in [4.69, 9.17) is 13.6 Å². The van der Waals surface area contributed by atoms with E-state index in [1.165, 1.54) is 20.6 Å². The van der Waals surface area contributed by atoms with Crippen LogP contribution in [0.25, 0.3) is 0 Å². The molecule has 1 rings (SSSR count). The normalized spacial score (nSPS) is 20.5. The average molecular weight is 208 g/mol. The molecule has 0 aromatic heterocycles. The number of hydrogen-bond acceptors (Lipinski definition) is 4. The summed E-state index contributed by atoms with van der Waals surface area (Å²) < 4.78 is 26.2. The van der Waals surface area contributed by atoms with Crippen molar-refractivity contribution in [2.45, 2.75) is 38.2 Å². The monoisotopic (exact) mass is 208 g/mol. The standard InChI is InChI=1S/C8H17O4P/c1-10-13(9,11-2)12-8-6-4-3-5-7-8/h8H,3-7H2,1-2H3. The molecular weight excluding hydrogens is 191 g/mol. The Morgan fingerprint density at radius 3 is 2.08 bits per heavy atom. The average Bonchev–Trinajstić information content (AvgIpc) is 2.19. The highest BCUT2D eigenvalue weighted by atomic mass is 31.2. The third kappa shape index (κ3) is 3.39. The molecule has 0 atom stereocenters. The van der Waals surface area contributed by atoms with Crippen molar-refractivity contribution in [3.05, 3.63) is 0 Å². The van der Waals surface area contributed by atoms with E-state index in [0.717, 1.165) is 25.7 Å². The minimum atomic E-state index is -3.25. The van der Waals surface area contributed by atoms with Crippen molar-refractivity contribution in [3.63, 3.8) is 0 Å². The molecule has 13 heavy (non-hydrogen) atoms. The summed E-state index contributed by atoms with van der Waals surface area (Å²) >= 11 is 0. The van der Waals surface area contributed by atoms with Gasteiger partial charge in [-0.05, 0) is 12.8 Å². The van der Waals surface area contributed by atoms with E-state index in [1.54, 1.807) is 0 Å². The molecular formula is C8H17O4P. The fourth-order valence-corrected chi connectivity index (χ4v) is 2.41. The third-order valence-electron chi connectivity index (χ3n) is 2.28. The molecule has 0 aromatic carbocycles. The van der Waals surface area contributed by atoms with E-state index < -0.39 is 7.82 Å². The maximum absolute atomic E-state index is 11.6. The van der Waals surface area contributed by atoms with Crippen molar-refractivity contribution in [2.75, 3.05) is 14.2 Å². The first kappa shape index (κ1) is 11.2. The first-order chi connectivity index (χ1) is 6.20. The Kier molecular flexibility index (Phi) is 4.39. The lowest BCUT2D eigenvalue weighted by molar-refractivity contribution is 0.0828. The van der Waals surface area contributed by atoms with Gasteiger partial charge in [-0.2, -0.15) is 0 Å². The molecule has 4 nitrogen and oxygen atoms in total. The minimum absolute atomic E-state index is 0.0412. The summed E-state index contributed by atoms with van der Waals surface area (Å²) in [6.45, 7) is 0. The SMILES string of the molecule is COP(=O)(OC)OC1CCCCC1. The van der Waals surface area contributed by atoms with E-state index in [-0.39, 0.29) is 6.10 Å². The largest absolute Gasteiger partial charge is 0.474 e. The highest BCUT2D eigenvalue weighted by Gasteiger charge is 2.28. The van der Waals surface area contributed by atoms with Crippen LogP contribution in [0.15, 0.2) is 0 Å². The topological polar surface area (TPSA) is 44.8 Å². The van der Waals surface area contributed by atoms with Gasteiger partial charge in [-0.1, -0.05) is 19.3 Å². The van der Waals surface area contributed by atoms with Gasteiger partial charge < -0.3 is 0 Å². The number of hydrogen-bond donors (Lipinski definition) is 0. The highest BCUT2D eigenvalue weighted by molar-refractivity contribution is 7.48. The molecule has 1 fully saturated rings. The van der Waals surface area contributed by atoms with Crippen molar-refractivity contribution in [3.8, 4) is 0 Å². The van der Waals surface area contributed by atoms with E-state index >= 15 is 0 Å². The van der Waals surface area contributed by atoms with Crippen molar-refractivity contribution >= 4 is 7.82 Å². The predicted octanol–water partition coefficient (Wildman–Crippen LogP) is 2.74. The maximum Gasteiger partial charge on any atom is 0.474 e. The Bertz CT molecular complexity index is 181. The lowest BCUT2D eigenvalue weighted by Crippen LogP contribution is -2.16. The first-order valence-corrected chi connectivity index (χ1v) is 6.06. The minimum Gasteiger partial charge on any atom is -0.290 e. The van der Waals surface area contributed by atoms with Gasteiger partial charge in [0.25, 0.3) is 0 Å². The fourth-order valence-electron chi connectivity index (χ4n) is 1.51. The molecule has 0 heterocycles. The summed E-state index contributed by atoms with van der Waals surface area (Å²) in [6.07, 6.45) is 5.47. The quantitative estimate of drug-likeness (QED) is 0.666. The Hall–Kier alpha value is 0.110. The van der Waals surface area contributed by atoms with E-state index in [9.17, 15) is 4.57 Å². The predicted molar refractivity (Wildman–Crippen MR) is 49.6 cm³/mol. The zero-order valence-electron chi connectivity index (χ0n) is 8.19. The van der Waals surface area contributed by atoms with Gasteiger partial charge in [-0.15, -0.1) is 0 Å². The molecule has 1 aliphatic carbocycles. The van der Waals surface area contributed by atoms with Crippen LogP contribution >= 0.6 is 7.82 Å². The number of phosphoric ester groups is 1. The van der Waals surface area contributed by atoms with Crippen LogP contribution in [0.3, 0.4) is 0 Å². The molecule has 0 spiro atoms. The van der Waals surface area contributed by atoms with Gasteiger partial charge in [0, 0.05) is 14.2 Å². The molecule has 0 aromatic rings. The van der Waals surface area contributed by atoms with Crippen molar-refractivity contribution in [1.29, 1.82) is 0 Å². The Morgan fingerprint density at radius 1 is 1.08 bits per heavy atom. The molecule has 78 valence electrons. The Labute approximate surface area is 79.2 Å². The Balaban J connectivity index is 2.40. The second-order valence-electron chi connectivity index (χ2n) is 3.18. The maximum atomic E-state index is 11.6. The number of phosphoric acid groups is 1. The first-order valence-electron chi connectivity index (χ1n) is 4.60. The molecule has 1 saturated carbocycles. The van der Waals surface area contributed by atoms with Crippen LogP contribution in [0.4, 0.5) is 0 Å². The zero-order valence-corrected chi connectivity index (χ0v) is 9.09. The van der Waals surface area contributed by atoms with Gasteiger partial charge in [-0.25, -0.2) is 4.57 Å². The molecule has 0 amide bonds. The van der Waals surface area contributed by atoms with Crippen LogP contribution in [0.5, 0.6) is 0 Å². The van der Waals surface area contributed by atoms with Crippen LogP contribution in [0.2, 0.25) is 0 Å². The van der Waals surface area contributed by atoms with Gasteiger partial charge >= 0.3 is 7.82 Å². The highest BCUT2D eigenvalue weighted by Crippen LogP contribution is 2.50. The number of rotatable bonds is 4. The summed E-state index contributed by atoms with van der Waals surface area (Å²) in [4.78, 5) is 0. The van der Waals surface area contributed by atoms with Crippen LogP contribution in [-0.2, 0) is 18.1 Å². The van der Waals surface area contributed by atoms with E-state index in [1.807, 2.05) is 0 Å². The Morgan fingerprint density at radius 2 is 1.62 bits per heavy atom. The van der Waals surface area contributed by atoms with Crippen LogP contribution in [-0.4, -0.2) is 20.3 Å². The van der Waals surface area contributed by atoms with Gasteiger partial charge in [0.2, 0.25) is 0 Å². The summed E-state index contributed by atoms with van der Waals surface area (Å²) in [5.41, 5.74) is 0. The third-order valence-corrected chi connectivity index (χ3v) is 3.73. The smallest absolute Gasteiger partial charge is 0.290 e. The van der Waals surface area contributed by atoms with Gasteiger partial charge in [0.1, 0.15) is 0 Å². The molecule has 0 N–H and O–H groups in total. The van der Waals surface area contributed by atoms with E-state index in [0.29, 0.717) is 0 Å². The molecule has 0 bridgehead atoms. The van der Waals surface area contributed by atoms with Crippen molar-refractivity contribution in [1.82, 2.24) is 0 Å². The van der Waals surface area contributed by atoms with Crippen molar-refractivity contribution in [2.24, 2.45) is 0 Å². The van der Waals surface area contributed by atoms with Gasteiger partial charge in [-0.3, -0.25) is 13.6 Å². The lowest BCUT2D eigenvalue weighted by atomic mass is 9.98. The molecule has 0 aliphatic heterocycles. The second-order valence-corrected chi connectivity index (χ2v) is 5.01. The van der Waals surface area contributed by atoms with Gasteiger partial charge in [0.05, 0.1) is 6.10 Å². The summed E-state index contributed by atoms with van der Waals surface area (Å²) in [7, 11) is -0.569. The fraction of sp³-hybridized carbons (Fsp3) is 1.00. The van der Waals surface area contributed by atoms with Crippen LogP contribution < -0.4 is 0 Å². The molecule has 5 heteroatoms. The zero-order chi connectivity index (χ0) is 9.73.